The first-order valence-corrected chi connectivity index (χ1v) is 9.77. The maximum absolute atomic E-state index is 11.1. The highest BCUT2D eigenvalue weighted by atomic mass is 32.2. The largest absolute Gasteiger partial charge is 0.285 e. The van der Waals surface area contributed by atoms with Gasteiger partial charge in [0.05, 0.1) is 0 Å². The van der Waals surface area contributed by atoms with Gasteiger partial charge < -0.3 is 0 Å². The zero-order valence-electron chi connectivity index (χ0n) is 12.9. The minimum Gasteiger partial charge on any atom is -0.285 e. The normalized spacial score (nSPS) is 13.3. The van der Waals surface area contributed by atoms with E-state index in [0.29, 0.717) is 11.3 Å². The van der Waals surface area contributed by atoms with Crippen molar-refractivity contribution in [2.45, 2.75) is 89.7 Å². The molecule has 120 valence electrons. The Morgan fingerprint density at radius 2 is 1.35 bits per heavy atom. The molecule has 1 unspecified atom stereocenters. The molecule has 0 aromatic heterocycles. The molecule has 0 saturated carbocycles. The first kappa shape index (κ1) is 20.0. The number of hydrogen-bond donors (Lipinski definition) is 1. The third kappa shape index (κ3) is 10.7. The van der Waals surface area contributed by atoms with Crippen molar-refractivity contribution >= 4 is 27.2 Å². The highest BCUT2D eigenvalue weighted by Crippen LogP contribution is 2.15. The highest BCUT2D eigenvalue weighted by molar-refractivity contribution is 7.90. The molecule has 1 atom stereocenters. The van der Waals surface area contributed by atoms with E-state index in [0.717, 1.165) is 19.3 Å². The second kappa shape index (κ2) is 11.6. The van der Waals surface area contributed by atoms with Crippen LogP contribution in [0.2, 0.25) is 0 Å². The van der Waals surface area contributed by atoms with Crippen LogP contribution in [0.25, 0.3) is 0 Å². The quantitative estimate of drug-likeness (QED) is 0.296. The molecule has 0 rings (SSSR count). The fraction of sp³-hybridized carbons (Fsp3) is 0.933. The summed E-state index contributed by atoms with van der Waals surface area (Å²) >= 11 is 4.90. The van der Waals surface area contributed by atoms with Crippen molar-refractivity contribution in [3.05, 3.63) is 0 Å². The molecule has 0 aliphatic heterocycles. The van der Waals surface area contributed by atoms with E-state index in [1.807, 2.05) is 0 Å². The molecule has 0 amide bonds. The summed E-state index contributed by atoms with van der Waals surface area (Å²) in [5.74, 6) is 0. The zero-order valence-corrected chi connectivity index (χ0v) is 14.6. The Labute approximate surface area is 130 Å². The summed E-state index contributed by atoms with van der Waals surface area (Å²) in [6.07, 6.45) is 12.5. The smallest absolute Gasteiger partial charge is 0.272 e. The van der Waals surface area contributed by atoms with E-state index < -0.39 is 15.4 Å². The summed E-state index contributed by atoms with van der Waals surface area (Å²) in [4.78, 5) is 0.364. The summed E-state index contributed by atoms with van der Waals surface area (Å²) in [6.45, 7) is 3.81. The van der Waals surface area contributed by atoms with Crippen LogP contribution in [0.15, 0.2) is 0 Å². The van der Waals surface area contributed by atoms with Crippen LogP contribution in [0, 0.1) is 0 Å². The van der Waals surface area contributed by atoms with Gasteiger partial charge in [0, 0.05) is 4.86 Å². The minimum atomic E-state index is -4.02. The Hall–Kier alpha value is -0.0000000000000000763. The molecule has 0 bridgehead atoms. The van der Waals surface area contributed by atoms with Crippen molar-refractivity contribution in [1.29, 1.82) is 0 Å². The third-order valence-corrected chi connectivity index (χ3v) is 5.37. The second-order valence-electron chi connectivity index (χ2n) is 5.58. The van der Waals surface area contributed by atoms with Crippen LogP contribution in [-0.2, 0) is 10.1 Å². The molecule has 0 spiro atoms. The summed E-state index contributed by atoms with van der Waals surface area (Å²) in [6, 6.07) is 0. The van der Waals surface area contributed by atoms with Crippen LogP contribution in [0.4, 0.5) is 0 Å². The third-order valence-electron chi connectivity index (χ3n) is 3.63. The molecule has 0 aliphatic rings. The van der Waals surface area contributed by atoms with Gasteiger partial charge in [0.15, 0.2) is 0 Å². The van der Waals surface area contributed by atoms with Gasteiger partial charge in [0.2, 0.25) is 0 Å². The Kier molecular flexibility index (Phi) is 11.6. The molecular weight excluding hydrogens is 292 g/mol. The van der Waals surface area contributed by atoms with E-state index in [2.05, 4.69) is 6.92 Å². The monoisotopic (exact) mass is 322 g/mol. The van der Waals surface area contributed by atoms with Gasteiger partial charge in [-0.2, -0.15) is 8.42 Å². The molecule has 0 heterocycles. The van der Waals surface area contributed by atoms with Gasteiger partial charge in [0.25, 0.3) is 10.1 Å². The number of rotatable bonds is 13. The van der Waals surface area contributed by atoms with Crippen LogP contribution in [-0.4, -0.2) is 23.1 Å². The predicted molar refractivity (Wildman–Crippen MR) is 90.1 cm³/mol. The lowest BCUT2D eigenvalue weighted by molar-refractivity contribution is 0.471. The predicted octanol–water partition coefficient (Wildman–Crippen LogP) is 4.94. The van der Waals surface area contributed by atoms with E-state index in [4.69, 9.17) is 16.8 Å². The Bertz CT molecular complexity index is 350. The first-order valence-electron chi connectivity index (χ1n) is 7.86. The highest BCUT2D eigenvalue weighted by Gasteiger charge is 2.24. The van der Waals surface area contributed by atoms with Crippen molar-refractivity contribution in [1.82, 2.24) is 0 Å². The zero-order chi connectivity index (χ0) is 15.4. The second-order valence-corrected chi connectivity index (χ2v) is 7.83. The van der Waals surface area contributed by atoms with Gasteiger partial charge in [-0.05, 0) is 13.3 Å². The maximum atomic E-state index is 11.1. The maximum Gasteiger partial charge on any atom is 0.272 e. The lowest BCUT2D eigenvalue weighted by atomic mass is 10.0. The van der Waals surface area contributed by atoms with Gasteiger partial charge in [-0.15, -0.1) is 0 Å². The van der Waals surface area contributed by atoms with Crippen molar-refractivity contribution in [2.75, 3.05) is 0 Å². The fourth-order valence-corrected chi connectivity index (χ4v) is 3.75. The molecule has 20 heavy (non-hydrogen) atoms. The van der Waals surface area contributed by atoms with E-state index in [1.54, 1.807) is 6.92 Å². The van der Waals surface area contributed by atoms with Crippen LogP contribution in [0.5, 0.6) is 0 Å². The van der Waals surface area contributed by atoms with Gasteiger partial charge in [0.1, 0.15) is 5.25 Å². The molecule has 0 aromatic carbocycles. The van der Waals surface area contributed by atoms with Gasteiger partial charge >= 0.3 is 0 Å². The molecule has 1 N–H and O–H groups in total. The fourth-order valence-electron chi connectivity index (χ4n) is 2.38. The summed E-state index contributed by atoms with van der Waals surface area (Å²) in [7, 11) is -4.02. The van der Waals surface area contributed by atoms with Crippen LogP contribution in [0.3, 0.4) is 0 Å². The molecule has 0 aliphatic carbocycles. The lowest BCUT2D eigenvalue weighted by Crippen LogP contribution is -2.26. The standard InChI is InChI=1S/C15H30O3S2/c1-3-4-5-6-7-8-9-10-11-12-13-15(14(2)19)20(16,17)18/h15H,3-13H2,1-2H3,(H,16,17,18). The summed E-state index contributed by atoms with van der Waals surface area (Å²) in [5.41, 5.74) is 0. The molecule has 0 fully saturated rings. The SMILES string of the molecule is CCCCCCCCCCCCC(C(C)=S)S(=O)(=O)O. The van der Waals surface area contributed by atoms with E-state index in [9.17, 15) is 8.42 Å². The molecule has 0 aromatic rings. The van der Waals surface area contributed by atoms with Crippen LogP contribution >= 0.6 is 12.2 Å². The molecule has 0 radical (unpaired) electrons. The molecule has 5 heteroatoms. The van der Waals surface area contributed by atoms with E-state index in [-0.39, 0.29) is 0 Å². The van der Waals surface area contributed by atoms with E-state index >= 15 is 0 Å². The number of hydrogen-bond acceptors (Lipinski definition) is 3. The first-order chi connectivity index (χ1) is 9.39. The average molecular weight is 323 g/mol. The molecule has 3 nitrogen and oxygen atoms in total. The molecular formula is C15H30O3S2. The van der Waals surface area contributed by atoms with Crippen LogP contribution < -0.4 is 0 Å². The van der Waals surface area contributed by atoms with Crippen molar-refractivity contribution < 1.29 is 13.0 Å². The van der Waals surface area contributed by atoms with Crippen LogP contribution in [0.1, 0.15) is 84.5 Å². The van der Waals surface area contributed by atoms with Crippen molar-refractivity contribution in [2.24, 2.45) is 0 Å². The Balaban J connectivity index is 3.54. The van der Waals surface area contributed by atoms with Crippen molar-refractivity contribution in [3.8, 4) is 0 Å². The Morgan fingerprint density at radius 3 is 1.70 bits per heavy atom. The van der Waals surface area contributed by atoms with Gasteiger partial charge in [-0.25, -0.2) is 0 Å². The lowest BCUT2D eigenvalue weighted by Gasteiger charge is -2.12. The van der Waals surface area contributed by atoms with E-state index in [1.165, 1.54) is 44.9 Å². The minimum absolute atomic E-state index is 0.364. The Morgan fingerprint density at radius 1 is 0.950 bits per heavy atom. The van der Waals surface area contributed by atoms with Crippen molar-refractivity contribution in [3.63, 3.8) is 0 Å². The summed E-state index contributed by atoms with van der Waals surface area (Å²) < 4.78 is 31.3. The topological polar surface area (TPSA) is 54.4 Å². The van der Waals surface area contributed by atoms with Gasteiger partial charge in [-0.3, -0.25) is 4.55 Å². The molecule has 0 saturated heterocycles. The average Bonchev–Trinajstić information content (AvgIpc) is 2.34. The summed E-state index contributed by atoms with van der Waals surface area (Å²) in [5, 5.41) is -0.855. The number of unbranched alkanes of at least 4 members (excludes halogenated alkanes) is 9. The van der Waals surface area contributed by atoms with Gasteiger partial charge in [-0.1, -0.05) is 83.3 Å². The number of thiocarbonyl (C=S) groups is 1.